The topological polar surface area (TPSA) is 30.5 Å². The number of nitrogens with one attached hydrogen (secondary N) is 1. The van der Waals surface area contributed by atoms with Crippen molar-refractivity contribution in [3.63, 3.8) is 0 Å². The molecule has 0 fully saturated rings. The quantitative estimate of drug-likeness (QED) is 0.712. The fourth-order valence-electron chi connectivity index (χ4n) is 1.45. The minimum absolute atomic E-state index is 0.141. The van der Waals surface area contributed by atoms with Gasteiger partial charge in [0.05, 0.1) is 0 Å². The number of thiophene rings is 1. The summed E-state index contributed by atoms with van der Waals surface area (Å²) in [6.07, 6.45) is -0.141. The molecule has 3 nitrogen and oxygen atoms in total. The van der Waals surface area contributed by atoms with Crippen LogP contribution >= 0.6 is 11.3 Å². The third-order valence-corrected chi connectivity index (χ3v) is 3.32. The zero-order chi connectivity index (χ0) is 11.8. The zero-order valence-corrected chi connectivity index (χ0v) is 11.0. The molecule has 0 radical (unpaired) electrons. The van der Waals surface area contributed by atoms with Crippen molar-refractivity contribution in [3.05, 3.63) is 22.4 Å². The lowest BCUT2D eigenvalue weighted by atomic mass is 10.3. The summed E-state index contributed by atoms with van der Waals surface area (Å²) < 4.78 is 10.9. The van der Waals surface area contributed by atoms with Crippen LogP contribution in [0.2, 0.25) is 0 Å². The second kappa shape index (κ2) is 7.79. The van der Waals surface area contributed by atoms with Crippen LogP contribution in [0.15, 0.2) is 17.5 Å². The van der Waals surface area contributed by atoms with Gasteiger partial charge in [-0.05, 0) is 32.2 Å². The van der Waals surface area contributed by atoms with Gasteiger partial charge in [0, 0.05) is 30.7 Å². The lowest BCUT2D eigenvalue weighted by molar-refractivity contribution is -0.133. The molecule has 4 heteroatoms. The number of hydrogen-bond donors (Lipinski definition) is 1. The van der Waals surface area contributed by atoms with Crippen LogP contribution in [0.4, 0.5) is 0 Å². The van der Waals surface area contributed by atoms with E-state index in [0.717, 1.165) is 6.54 Å². The second-order valence-electron chi connectivity index (χ2n) is 3.49. The average molecular weight is 243 g/mol. The minimum Gasteiger partial charge on any atom is -0.352 e. The summed E-state index contributed by atoms with van der Waals surface area (Å²) in [5.41, 5.74) is 0. The molecule has 0 amide bonds. The molecule has 0 aliphatic rings. The molecule has 1 rings (SSSR count). The van der Waals surface area contributed by atoms with E-state index in [2.05, 4.69) is 29.8 Å². The molecular formula is C12H21NO2S. The average Bonchev–Trinajstić information content (AvgIpc) is 2.79. The van der Waals surface area contributed by atoms with Gasteiger partial charge < -0.3 is 14.8 Å². The summed E-state index contributed by atoms with van der Waals surface area (Å²) in [6, 6.07) is 4.56. The van der Waals surface area contributed by atoms with Crippen LogP contribution in [0.3, 0.4) is 0 Å². The summed E-state index contributed by atoms with van der Waals surface area (Å²) >= 11 is 1.77. The first-order chi connectivity index (χ1) is 7.77. The molecule has 0 aliphatic heterocycles. The summed E-state index contributed by atoms with van der Waals surface area (Å²) in [6.45, 7) is 8.20. The summed E-state index contributed by atoms with van der Waals surface area (Å²) in [7, 11) is 0. The third kappa shape index (κ3) is 4.61. The van der Waals surface area contributed by atoms with Crippen molar-refractivity contribution in [1.29, 1.82) is 0 Å². The molecule has 0 saturated carbocycles. The van der Waals surface area contributed by atoms with Crippen LogP contribution in [-0.4, -0.2) is 26.0 Å². The van der Waals surface area contributed by atoms with E-state index in [1.807, 2.05) is 13.8 Å². The highest BCUT2D eigenvalue weighted by Gasteiger charge is 2.11. The lowest BCUT2D eigenvalue weighted by Gasteiger charge is -2.20. The molecule has 0 aliphatic carbocycles. The number of ether oxygens (including phenoxy) is 2. The van der Waals surface area contributed by atoms with Crippen molar-refractivity contribution in [3.8, 4) is 0 Å². The Balaban J connectivity index is 2.30. The molecule has 1 heterocycles. The van der Waals surface area contributed by atoms with E-state index in [9.17, 15) is 0 Å². The normalized spacial score (nSPS) is 13.2. The molecule has 1 aromatic heterocycles. The first-order valence-corrected chi connectivity index (χ1v) is 6.65. The first kappa shape index (κ1) is 13.6. The zero-order valence-electron chi connectivity index (χ0n) is 10.2. The smallest absolute Gasteiger partial charge is 0.169 e. The van der Waals surface area contributed by atoms with Crippen molar-refractivity contribution in [1.82, 2.24) is 5.32 Å². The standard InChI is InChI=1S/C12H21NO2S/c1-4-14-12(15-5-2)9-13-10(3)11-7-6-8-16-11/h6-8,10,12-13H,4-5,9H2,1-3H3/t10-/m0/s1. The maximum atomic E-state index is 5.47. The van der Waals surface area contributed by atoms with Crippen molar-refractivity contribution < 1.29 is 9.47 Å². The van der Waals surface area contributed by atoms with E-state index in [1.165, 1.54) is 4.88 Å². The van der Waals surface area contributed by atoms with Crippen LogP contribution in [0.5, 0.6) is 0 Å². The van der Waals surface area contributed by atoms with Gasteiger partial charge in [-0.3, -0.25) is 0 Å². The second-order valence-corrected chi connectivity index (χ2v) is 4.46. The maximum absolute atomic E-state index is 5.47. The van der Waals surface area contributed by atoms with Gasteiger partial charge in [0.25, 0.3) is 0 Å². The monoisotopic (exact) mass is 243 g/mol. The molecule has 16 heavy (non-hydrogen) atoms. The van der Waals surface area contributed by atoms with Crippen LogP contribution in [0.25, 0.3) is 0 Å². The van der Waals surface area contributed by atoms with E-state index < -0.39 is 0 Å². The lowest BCUT2D eigenvalue weighted by Crippen LogP contribution is -2.32. The van der Waals surface area contributed by atoms with Gasteiger partial charge >= 0.3 is 0 Å². The summed E-state index contributed by atoms with van der Waals surface area (Å²) in [4.78, 5) is 1.34. The molecule has 0 aromatic carbocycles. The predicted molar refractivity (Wildman–Crippen MR) is 67.8 cm³/mol. The Kier molecular flexibility index (Phi) is 6.64. The van der Waals surface area contributed by atoms with Crippen molar-refractivity contribution in [2.45, 2.75) is 33.1 Å². The molecule has 0 unspecified atom stereocenters. The molecule has 1 aromatic rings. The molecule has 0 bridgehead atoms. The SMILES string of the molecule is CCOC(CN[C@@H](C)c1cccs1)OCC. The Labute approximate surface area is 102 Å². The Morgan fingerprint density at radius 1 is 1.31 bits per heavy atom. The van der Waals surface area contributed by atoms with Crippen molar-refractivity contribution >= 4 is 11.3 Å². The van der Waals surface area contributed by atoms with Gasteiger partial charge in [0.1, 0.15) is 0 Å². The Morgan fingerprint density at radius 3 is 2.50 bits per heavy atom. The molecule has 92 valence electrons. The largest absolute Gasteiger partial charge is 0.352 e. The maximum Gasteiger partial charge on any atom is 0.169 e. The van der Waals surface area contributed by atoms with Crippen LogP contribution in [0, 0.1) is 0 Å². The van der Waals surface area contributed by atoms with Crippen LogP contribution < -0.4 is 5.32 Å². The molecule has 0 saturated heterocycles. The molecular weight excluding hydrogens is 222 g/mol. The van der Waals surface area contributed by atoms with E-state index in [0.29, 0.717) is 19.3 Å². The van der Waals surface area contributed by atoms with Gasteiger partial charge in [-0.25, -0.2) is 0 Å². The fraction of sp³-hybridized carbons (Fsp3) is 0.667. The highest BCUT2D eigenvalue weighted by Crippen LogP contribution is 2.17. The van der Waals surface area contributed by atoms with Crippen LogP contribution in [-0.2, 0) is 9.47 Å². The summed E-state index contributed by atoms with van der Waals surface area (Å²) in [5, 5.41) is 5.51. The van der Waals surface area contributed by atoms with Gasteiger partial charge in [0.15, 0.2) is 6.29 Å². The third-order valence-electron chi connectivity index (χ3n) is 2.27. The Morgan fingerprint density at radius 2 is 2.00 bits per heavy atom. The highest BCUT2D eigenvalue weighted by atomic mass is 32.1. The van der Waals surface area contributed by atoms with Crippen LogP contribution in [0.1, 0.15) is 31.7 Å². The van der Waals surface area contributed by atoms with Gasteiger partial charge in [-0.2, -0.15) is 0 Å². The van der Waals surface area contributed by atoms with E-state index in [4.69, 9.17) is 9.47 Å². The van der Waals surface area contributed by atoms with Gasteiger partial charge in [-0.15, -0.1) is 11.3 Å². The number of hydrogen-bond acceptors (Lipinski definition) is 4. The predicted octanol–water partition coefficient (Wildman–Crippen LogP) is 2.80. The summed E-state index contributed by atoms with van der Waals surface area (Å²) in [5.74, 6) is 0. The Hall–Kier alpha value is -0.420. The Bertz CT molecular complexity index is 258. The van der Waals surface area contributed by atoms with E-state index >= 15 is 0 Å². The molecule has 1 N–H and O–H groups in total. The minimum atomic E-state index is -0.141. The van der Waals surface area contributed by atoms with Crippen molar-refractivity contribution in [2.75, 3.05) is 19.8 Å². The van der Waals surface area contributed by atoms with E-state index in [-0.39, 0.29) is 6.29 Å². The van der Waals surface area contributed by atoms with E-state index in [1.54, 1.807) is 11.3 Å². The van der Waals surface area contributed by atoms with Gasteiger partial charge in [0.2, 0.25) is 0 Å². The number of rotatable bonds is 8. The first-order valence-electron chi connectivity index (χ1n) is 5.77. The fourth-order valence-corrected chi connectivity index (χ4v) is 2.21. The van der Waals surface area contributed by atoms with Crippen molar-refractivity contribution in [2.24, 2.45) is 0 Å². The molecule has 1 atom stereocenters. The molecule has 0 spiro atoms. The highest BCUT2D eigenvalue weighted by molar-refractivity contribution is 7.10. The van der Waals surface area contributed by atoms with Gasteiger partial charge in [-0.1, -0.05) is 6.07 Å².